The first kappa shape index (κ1) is 15.6. The molecule has 0 atom stereocenters. The lowest BCUT2D eigenvalue weighted by molar-refractivity contribution is 0.107. The summed E-state index contributed by atoms with van der Waals surface area (Å²) in [6.45, 7) is 1.66. The zero-order valence-corrected chi connectivity index (χ0v) is 11.8. The van der Waals surface area contributed by atoms with Crippen LogP contribution in [0.2, 0.25) is 0 Å². The summed E-state index contributed by atoms with van der Waals surface area (Å²) in [7, 11) is -1.52. The van der Waals surface area contributed by atoms with E-state index in [1.54, 1.807) is 24.3 Å². The summed E-state index contributed by atoms with van der Waals surface area (Å²) in [5.74, 6) is 0.496. The first-order valence-electron chi connectivity index (χ1n) is 6.97. The SMILES string of the molecule is OB(O)c1ccccc1OCCCOCc1ccccc1. The highest BCUT2D eigenvalue weighted by molar-refractivity contribution is 6.59. The van der Waals surface area contributed by atoms with Crippen molar-refractivity contribution in [2.24, 2.45) is 0 Å². The van der Waals surface area contributed by atoms with E-state index in [-0.39, 0.29) is 0 Å². The lowest BCUT2D eigenvalue weighted by Crippen LogP contribution is -2.31. The Labute approximate surface area is 125 Å². The van der Waals surface area contributed by atoms with E-state index in [9.17, 15) is 10.0 Å². The van der Waals surface area contributed by atoms with Crippen LogP contribution in [0.3, 0.4) is 0 Å². The Bertz CT molecular complexity index is 531. The Hall–Kier alpha value is -1.82. The predicted molar refractivity (Wildman–Crippen MR) is 82.5 cm³/mol. The largest absolute Gasteiger partial charge is 0.494 e. The molecule has 0 bridgehead atoms. The smallest absolute Gasteiger partial charge is 0.492 e. The van der Waals surface area contributed by atoms with Gasteiger partial charge >= 0.3 is 7.12 Å². The van der Waals surface area contributed by atoms with E-state index in [4.69, 9.17) is 9.47 Å². The van der Waals surface area contributed by atoms with Crippen LogP contribution in [-0.2, 0) is 11.3 Å². The van der Waals surface area contributed by atoms with E-state index in [1.807, 2.05) is 30.3 Å². The summed E-state index contributed by atoms with van der Waals surface area (Å²) < 4.78 is 11.1. The summed E-state index contributed by atoms with van der Waals surface area (Å²) in [5.41, 5.74) is 1.52. The molecule has 0 heterocycles. The van der Waals surface area contributed by atoms with E-state index in [2.05, 4.69) is 0 Å². The van der Waals surface area contributed by atoms with Gasteiger partial charge in [0.25, 0.3) is 0 Å². The molecule has 2 rings (SSSR count). The van der Waals surface area contributed by atoms with E-state index >= 15 is 0 Å². The number of hydrogen-bond acceptors (Lipinski definition) is 4. The van der Waals surface area contributed by atoms with Crippen LogP contribution in [0.25, 0.3) is 0 Å². The van der Waals surface area contributed by atoms with Crippen molar-refractivity contribution in [2.45, 2.75) is 13.0 Å². The standard InChI is InChI=1S/C16H19BO4/c18-17(19)15-9-4-5-10-16(15)21-12-6-11-20-13-14-7-2-1-3-8-14/h1-5,7-10,18-19H,6,11-13H2. The van der Waals surface area contributed by atoms with Gasteiger partial charge in [-0.15, -0.1) is 0 Å². The van der Waals surface area contributed by atoms with Gasteiger partial charge in [-0.25, -0.2) is 0 Å². The average Bonchev–Trinajstić information content (AvgIpc) is 2.52. The number of benzene rings is 2. The topological polar surface area (TPSA) is 58.9 Å². The van der Waals surface area contributed by atoms with Crippen molar-refractivity contribution in [1.29, 1.82) is 0 Å². The molecule has 2 aromatic carbocycles. The Balaban J connectivity index is 1.66. The molecule has 110 valence electrons. The van der Waals surface area contributed by atoms with Crippen molar-refractivity contribution in [2.75, 3.05) is 13.2 Å². The first-order valence-corrected chi connectivity index (χ1v) is 6.97. The summed E-state index contributed by atoms with van der Waals surface area (Å²) >= 11 is 0. The number of hydrogen-bond donors (Lipinski definition) is 2. The van der Waals surface area contributed by atoms with Crippen molar-refractivity contribution in [3.8, 4) is 5.75 Å². The van der Waals surface area contributed by atoms with E-state index in [0.717, 1.165) is 12.0 Å². The predicted octanol–water partition coefficient (Wildman–Crippen LogP) is 1.35. The van der Waals surface area contributed by atoms with Gasteiger partial charge in [-0.3, -0.25) is 0 Å². The van der Waals surface area contributed by atoms with Gasteiger partial charge in [-0.2, -0.15) is 0 Å². The lowest BCUT2D eigenvalue weighted by Gasteiger charge is -2.11. The van der Waals surface area contributed by atoms with E-state index in [0.29, 0.717) is 31.0 Å². The third-order valence-corrected chi connectivity index (χ3v) is 3.00. The van der Waals surface area contributed by atoms with Crippen LogP contribution in [0.1, 0.15) is 12.0 Å². The van der Waals surface area contributed by atoms with Crippen LogP contribution in [0.15, 0.2) is 54.6 Å². The monoisotopic (exact) mass is 286 g/mol. The van der Waals surface area contributed by atoms with Crippen molar-refractivity contribution in [3.63, 3.8) is 0 Å². The van der Waals surface area contributed by atoms with Gasteiger partial charge in [-0.05, 0) is 11.6 Å². The molecule has 0 aliphatic carbocycles. The molecule has 0 radical (unpaired) electrons. The summed E-state index contributed by atoms with van der Waals surface area (Å²) in [4.78, 5) is 0. The zero-order valence-electron chi connectivity index (χ0n) is 11.8. The molecule has 0 saturated carbocycles. The van der Waals surface area contributed by atoms with Crippen LogP contribution in [0, 0.1) is 0 Å². The molecule has 0 spiro atoms. The van der Waals surface area contributed by atoms with Gasteiger partial charge in [0.15, 0.2) is 0 Å². The number of rotatable bonds is 8. The second kappa shape index (κ2) is 8.47. The molecule has 0 fully saturated rings. The second-order valence-electron chi connectivity index (χ2n) is 4.65. The Morgan fingerprint density at radius 2 is 1.57 bits per heavy atom. The molecule has 2 N–H and O–H groups in total. The van der Waals surface area contributed by atoms with E-state index in [1.165, 1.54) is 0 Å². The zero-order chi connectivity index (χ0) is 14.9. The Morgan fingerprint density at radius 3 is 2.33 bits per heavy atom. The van der Waals surface area contributed by atoms with Crippen LogP contribution >= 0.6 is 0 Å². The number of para-hydroxylation sites is 1. The molecule has 4 nitrogen and oxygen atoms in total. The maximum atomic E-state index is 9.22. The first-order chi connectivity index (χ1) is 10.3. The number of ether oxygens (including phenoxy) is 2. The minimum atomic E-state index is -1.52. The fraction of sp³-hybridized carbons (Fsp3) is 0.250. The molecule has 21 heavy (non-hydrogen) atoms. The van der Waals surface area contributed by atoms with Crippen LogP contribution in [-0.4, -0.2) is 30.4 Å². The highest BCUT2D eigenvalue weighted by Gasteiger charge is 2.15. The molecule has 5 heteroatoms. The molecule has 0 unspecified atom stereocenters. The molecular weight excluding hydrogens is 267 g/mol. The molecule has 0 aliphatic heterocycles. The third-order valence-electron chi connectivity index (χ3n) is 3.00. The Morgan fingerprint density at radius 1 is 0.857 bits per heavy atom. The molecule has 0 amide bonds. The minimum absolute atomic E-state index is 0.378. The fourth-order valence-electron chi connectivity index (χ4n) is 1.93. The van der Waals surface area contributed by atoms with Crippen molar-refractivity contribution in [1.82, 2.24) is 0 Å². The van der Waals surface area contributed by atoms with Crippen molar-refractivity contribution >= 4 is 12.6 Å². The molecule has 0 saturated heterocycles. The summed E-state index contributed by atoms with van der Waals surface area (Å²) in [6.07, 6.45) is 0.739. The highest BCUT2D eigenvalue weighted by atomic mass is 16.5. The lowest BCUT2D eigenvalue weighted by atomic mass is 9.79. The van der Waals surface area contributed by atoms with Crippen LogP contribution in [0.5, 0.6) is 5.75 Å². The minimum Gasteiger partial charge on any atom is -0.494 e. The maximum absolute atomic E-state index is 9.22. The molecule has 0 aromatic heterocycles. The van der Waals surface area contributed by atoms with Crippen LogP contribution < -0.4 is 10.2 Å². The fourth-order valence-corrected chi connectivity index (χ4v) is 1.93. The third kappa shape index (κ3) is 5.23. The van der Waals surface area contributed by atoms with E-state index < -0.39 is 7.12 Å². The summed E-state index contributed by atoms with van der Waals surface area (Å²) in [6, 6.07) is 16.9. The molecule has 2 aromatic rings. The van der Waals surface area contributed by atoms with Gasteiger partial charge in [0.1, 0.15) is 5.75 Å². The molecular formula is C16H19BO4. The second-order valence-corrected chi connectivity index (χ2v) is 4.65. The van der Waals surface area contributed by atoms with Crippen molar-refractivity contribution in [3.05, 3.63) is 60.2 Å². The molecule has 0 aliphatic rings. The quantitative estimate of drug-likeness (QED) is 0.568. The van der Waals surface area contributed by atoms with Gasteiger partial charge < -0.3 is 19.5 Å². The summed E-state index contributed by atoms with van der Waals surface area (Å²) in [5, 5.41) is 18.4. The highest BCUT2D eigenvalue weighted by Crippen LogP contribution is 2.07. The Kier molecular flexibility index (Phi) is 6.28. The average molecular weight is 286 g/mol. The van der Waals surface area contributed by atoms with Gasteiger partial charge in [0.05, 0.1) is 19.8 Å². The van der Waals surface area contributed by atoms with Gasteiger partial charge in [0.2, 0.25) is 0 Å². The van der Waals surface area contributed by atoms with Gasteiger partial charge in [0, 0.05) is 11.9 Å². The van der Waals surface area contributed by atoms with Crippen LogP contribution in [0.4, 0.5) is 0 Å². The van der Waals surface area contributed by atoms with Gasteiger partial charge in [-0.1, -0.05) is 48.5 Å². The maximum Gasteiger partial charge on any atom is 0.492 e. The normalized spacial score (nSPS) is 10.4. The van der Waals surface area contributed by atoms with Crippen molar-refractivity contribution < 1.29 is 19.5 Å².